The van der Waals surface area contributed by atoms with Gasteiger partial charge in [-0.25, -0.2) is 0 Å². The molecule has 1 aromatic carbocycles. The van der Waals surface area contributed by atoms with E-state index in [1.165, 1.54) is 0 Å². The van der Waals surface area contributed by atoms with Crippen LogP contribution < -0.4 is 5.32 Å². The minimum absolute atomic E-state index is 0.0763. The highest BCUT2D eigenvalue weighted by molar-refractivity contribution is 5.95. The van der Waals surface area contributed by atoms with E-state index in [0.29, 0.717) is 25.2 Å². The van der Waals surface area contributed by atoms with Crippen molar-refractivity contribution in [2.75, 3.05) is 18.4 Å². The summed E-state index contributed by atoms with van der Waals surface area (Å²) in [5, 5.41) is 2.89. The van der Waals surface area contributed by atoms with Crippen LogP contribution in [0.25, 0.3) is 0 Å². The lowest BCUT2D eigenvalue weighted by atomic mass is 9.80. The molecule has 6 nitrogen and oxygen atoms in total. The molecule has 1 spiro atoms. The van der Waals surface area contributed by atoms with Crippen LogP contribution in [0.4, 0.5) is 5.69 Å². The molecule has 0 aliphatic carbocycles. The number of anilines is 1. The summed E-state index contributed by atoms with van der Waals surface area (Å²) in [5.41, 5.74) is 3.28. The zero-order valence-corrected chi connectivity index (χ0v) is 17.9. The van der Waals surface area contributed by atoms with E-state index in [-0.39, 0.29) is 23.3 Å². The summed E-state index contributed by atoms with van der Waals surface area (Å²) in [6.45, 7) is 7.44. The minimum Gasteiger partial charge on any atom is -0.362 e. The summed E-state index contributed by atoms with van der Waals surface area (Å²) in [5.74, 6) is 0.116. The van der Waals surface area contributed by atoms with Crippen molar-refractivity contribution in [1.29, 1.82) is 0 Å². The van der Waals surface area contributed by atoms with Gasteiger partial charge in [-0.2, -0.15) is 0 Å². The molecule has 2 saturated heterocycles. The Balaban J connectivity index is 1.39. The second kappa shape index (κ2) is 8.19. The lowest BCUT2D eigenvalue weighted by Gasteiger charge is -2.44. The first-order valence-electron chi connectivity index (χ1n) is 10.6. The molecule has 2 aliphatic rings. The van der Waals surface area contributed by atoms with Crippen molar-refractivity contribution < 1.29 is 14.3 Å². The number of carbonyl (C=O) groups is 2. The van der Waals surface area contributed by atoms with Gasteiger partial charge in [0.1, 0.15) is 6.10 Å². The van der Waals surface area contributed by atoms with E-state index in [2.05, 4.69) is 23.3 Å². The second-order valence-electron chi connectivity index (χ2n) is 8.72. The number of ether oxygens (including phenoxy) is 1. The molecule has 30 heavy (non-hydrogen) atoms. The lowest BCUT2D eigenvalue weighted by molar-refractivity contribution is -0.141. The summed E-state index contributed by atoms with van der Waals surface area (Å²) in [6.07, 6.45) is 5.12. The molecule has 3 heterocycles. The van der Waals surface area contributed by atoms with Crippen LogP contribution in [0.5, 0.6) is 0 Å². The predicted octanol–water partition coefficient (Wildman–Crippen LogP) is 3.74. The average Bonchev–Trinajstić information content (AvgIpc) is 3.15. The molecule has 2 fully saturated rings. The Morgan fingerprint density at radius 3 is 2.63 bits per heavy atom. The van der Waals surface area contributed by atoms with Crippen molar-refractivity contribution in [1.82, 2.24) is 9.88 Å². The van der Waals surface area contributed by atoms with E-state index in [0.717, 1.165) is 29.5 Å². The smallest absolute Gasteiger partial charge is 0.253 e. The van der Waals surface area contributed by atoms with E-state index in [1.807, 2.05) is 36.9 Å². The molecule has 0 unspecified atom stereocenters. The Labute approximate surface area is 177 Å². The molecule has 2 aromatic rings. The van der Waals surface area contributed by atoms with E-state index in [1.54, 1.807) is 18.5 Å². The molecule has 1 aromatic heterocycles. The van der Waals surface area contributed by atoms with Crippen LogP contribution >= 0.6 is 0 Å². The van der Waals surface area contributed by atoms with Gasteiger partial charge in [-0.05, 0) is 57.4 Å². The Morgan fingerprint density at radius 1 is 1.20 bits per heavy atom. The molecule has 0 bridgehead atoms. The summed E-state index contributed by atoms with van der Waals surface area (Å²) >= 11 is 0. The molecular weight excluding hydrogens is 378 g/mol. The SMILES string of the molecule is Cc1cc(C)cc(C(=O)N2CC[C@]3(CC[C@@H](C(=O)Nc4cccnc4)O3)[C@H](C)C2)c1. The first kappa shape index (κ1) is 20.5. The molecule has 0 saturated carbocycles. The van der Waals surface area contributed by atoms with Gasteiger partial charge in [0.05, 0.1) is 17.5 Å². The van der Waals surface area contributed by atoms with Gasteiger partial charge in [-0.1, -0.05) is 24.1 Å². The van der Waals surface area contributed by atoms with Crippen LogP contribution in [0.3, 0.4) is 0 Å². The molecule has 2 amide bonds. The van der Waals surface area contributed by atoms with Crippen LogP contribution in [-0.2, 0) is 9.53 Å². The van der Waals surface area contributed by atoms with Gasteiger partial charge < -0.3 is 15.0 Å². The highest BCUT2D eigenvalue weighted by Gasteiger charge is 2.49. The third kappa shape index (κ3) is 4.10. The maximum Gasteiger partial charge on any atom is 0.253 e. The Hall–Kier alpha value is -2.73. The summed E-state index contributed by atoms with van der Waals surface area (Å²) in [7, 11) is 0. The maximum atomic E-state index is 13.0. The van der Waals surface area contributed by atoms with Crippen LogP contribution in [-0.4, -0.2) is 46.5 Å². The fourth-order valence-corrected chi connectivity index (χ4v) is 4.79. The van der Waals surface area contributed by atoms with E-state index in [9.17, 15) is 9.59 Å². The molecule has 0 radical (unpaired) electrons. The van der Waals surface area contributed by atoms with Gasteiger partial charge in [0, 0.05) is 30.8 Å². The number of nitrogens with zero attached hydrogens (tertiary/aromatic N) is 2. The third-order valence-electron chi connectivity index (χ3n) is 6.38. The summed E-state index contributed by atoms with van der Waals surface area (Å²) in [6, 6.07) is 9.59. The monoisotopic (exact) mass is 407 g/mol. The molecule has 1 N–H and O–H groups in total. The molecule has 6 heteroatoms. The van der Waals surface area contributed by atoms with Crippen molar-refractivity contribution in [3.05, 3.63) is 59.4 Å². The van der Waals surface area contributed by atoms with Gasteiger partial charge in [0.25, 0.3) is 11.8 Å². The molecule has 4 rings (SSSR count). The molecule has 158 valence electrons. The Bertz CT molecular complexity index is 926. The zero-order chi connectivity index (χ0) is 21.3. The van der Waals surface area contributed by atoms with E-state index >= 15 is 0 Å². The Kier molecular flexibility index (Phi) is 5.60. The predicted molar refractivity (Wildman–Crippen MR) is 115 cm³/mol. The number of nitrogens with one attached hydrogen (secondary N) is 1. The van der Waals surface area contributed by atoms with Crippen molar-refractivity contribution in [2.24, 2.45) is 5.92 Å². The van der Waals surface area contributed by atoms with E-state index in [4.69, 9.17) is 4.74 Å². The third-order valence-corrected chi connectivity index (χ3v) is 6.38. The fraction of sp³-hybridized carbons (Fsp3) is 0.458. The standard InChI is InChI=1S/C24H29N3O3/c1-16-11-17(2)13-19(12-16)23(29)27-10-8-24(18(3)15-27)7-6-21(30-24)22(28)26-20-5-4-9-25-14-20/h4-5,9,11-14,18,21H,6-8,10,15H2,1-3H3,(H,26,28)/t18-,21+,24-/m1/s1. The number of piperidine rings is 1. The van der Waals surface area contributed by atoms with Gasteiger partial charge in [0.2, 0.25) is 0 Å². The van der Waals surface area contributed by atoms with Crippen molar-refractivity contribution in [3.8, 4) is 0 Å². The molecule has 3 atom stereocenters. The topological polar surface area (TPSA) is 71.5 Å². The van der Waals surface area contributed by atoms with Crippen molar-refractivity contribution in [2.45, 2.75) is 51.7 Å². The first-order valence-corrected chi connectivity index (χ1v) is 10.6. The fourth-order valence-electron chi connectivity index (χ4n) is 4.79. The van der Waals surface area contributed by atoms with Gasteiger partial charge in [0.15, 0.2) is 0 Å². The van der Waals surface area contributed by atoms with Crippen molar-refractivity contribution >= 4 is 17.5 Å². The van der Waals surface area contributed by atoms with Crippen molar-refractivity contribution in [3.63, 3.8) is 0 Å². The number of aryl methyl sites for hydroxylation is 2. The average molecular weight is 408 g/mol. The first-order chi connectivity index (χ1) is 14.4. The number of pyridine rings is 1. The van der Waals surface area contributed by atoms with Gasteiger partial charge in [-0.3, -0.25) is 14.6 Å². The molecule has 2 aliphatic heterocycles. The van der Waals surface area contributed by atoms with Gasteiger partial charge >= 0.3 is 0 Å². The number of amides is 2. The number of hydrogen-bond acceptors (Lipinski definition) is 4. The summed E-state index contributed by atoms with van der Waals surface area (Å²) < 4.78 is 6.34. The van der Waals surface area contributed by atoms with E-state index < -0.39 is 6.10 Å². The lowest BCUT2D eigenvalue weighted by Crippen LogP contribution is -2.52. The number of likely N-dealkylation sites (tertiary alicyclic amines) is 1. The highest BCUT2D eigenvalue weighted by atomic mass is 16.5. The van der Waals surface area contributed by atoms with Gasteiger partial charge in [-0.15, -0.1) is 0 Å². The number of benzene rings is 1. The minimum atomic E-state index is -0.464. The van der Waals surface area contributed by atoms with Crippen LogP contribution in [0, 0.1) is 19.8 Å². The second-order valence-corrected chi connectivity index (χ2v) is 8.72. The van der Waals surface area contributed by atoms with Crippen LogP contribution in [0.2, 0.25) is 0 Å². The largest absolute Gasteiger partial charge is 0.362 e. The number of rotatable bonds is 3. The zero-order valence-electron chi connectivity index (χ0n) is 17.9. The number of carbonyl (C=O) groups excluding carboxylic acids is 2. The molecular formula is C24H29N3O3. The van der Waals surface area contributed by atoms with Crippen LogP contribution in [0.1, 0.15) is 47.7 Å². The maximum absolute atomic E-state index is 13.0. The Morgan fingerprint density at radius 2 is 1.97 bits per heavy atom. The summed E-state index contributed by atoms with van der Waals surface area (Å²) in [4.78, 5) is 31.6. The number of aromatic nitrogens is 1. The highest BCUT2D eigenvalue weighted by Crippen LogP contribution is 2.42. The van der Waals surface area contributed by atoms with Crippen LogP contribution in [0.15, 0.2) is 42.7 Å². The normalized spacial score (nSPS) is 26.0. The quantitative estimate of drug-likeness (QED) is 0.841. The number of hydrogen-bond donors (Lipinski definition) is 1.